The zero-order valence-corrected chi connectivity index (χ0v) is 11.5. The summed E-state index contributed by atoms with van der Waals surface area (Å²) < 4.78 is 38.8. The molecular formula is C12H18FNO3S. The highest BCUT2D eigenvalue weighted by Crippen LogP contribution is 2.16. The Labute approximate surface area is 107 Å². The van der Waals surface area contributed by atoms with Gasteiger partial charge in [-0.3, -0.25) is 0 Å². The Morgan fingerprint density at radius 1 is 1.33 bits per heavy atom. The maximum Gasteiger partial charge on any atom is 0.240 e. The SMILES string of the molecule is CC(C)C(C)(O)CNS(=O)(=O)c1ccc(F)cc1. The number of halogens is 1. The molecule has 0 spiro atoms. The van der Waals surface area contributed by atoms with Gasteiger partial charge >= 0.3 is 0 Å². The summed E-state index contributed by atoms with van der Waals surface area (Å²) in [6, 6.07) is 4.52. The summed E-state index contributed by atoms with van der Waals surface area (Å²) in [6.45, 7) is 5.06. The summed E-state index contributed by atoms with van der Waals surface area (Å²) >= 11 is 0. The van der Waals surface area contributed by atoms with Gasteiger partial charge in [-0.05, 0) is 37.1 Å². The predicted octanol–water partition coefficient (Wildman–Crippen LogP) is 1.51. The lowest BCUT2D eigenvalue weighted by Crippen LogP contribution is -2.44. The normalized spacial score (nSPS) is 15.7. The second-order valence-corrected chi connectivity index (χ2v) is 6.56. The third-order valence-corrected chi connectivity index (χ3v) is 4.40. The highest BCUT2D eigenvalue weighted by molar-refractivity contribution is 7.89. The quantitative estimate of drug-likeness (QED) is 0.856. The Morgan fingerprint density at radius 3 is 2.28 bits per heavy atom. The standard InChI is InChI=1S/C12H18FNO3S/c1-9(2)12(3,15)8-14-18(16,17)11-6-4-10(13)5-7-11/h4-7,9,14-15H,8H2,1-3H3. The van der Waals surface area contributed by atoms with Crippen LogP contribution < -0.4 is 4.72 Å². The van der Waals surface area contributed by atoms with Gasteiger partial charge in [0.05, 0.1) is 10.5 Å². The number of sulfonamides is 1. The maximum atomic E-state index is 12.7. The van der Waals surface area contributed by atoms with Gasteiger partial charge in [0.15, 0.2) is 0 Å². The Morgan fingerprint density at radius 2 is 1.83 bits per heavy atom. The van der Waals surface area contributed by atoms with Crippen LogP contribution in [0.1, 0.15) is 20.8 Å². The largest absolute Gasteiger partial charge is 0.389 e. The van der Waals surface area contributed by atoms with Crippen molar-refractivity contribution in [3.05, 3.63) is 30.1 Å². The number of hydrogen-bond acceptors (Lipinski definition) is 3. The second kappa shape index (κ2) is 5.34. The maximum absolute atomic E-state index is 12.7. The molecule has 0 saturated carbocycles. The van der Waals surface area contributed by atoms with E-state index in [1.165, 1.54) is 12.1 Å². The van der Waals surface area contributed by atoms with Crippen LogP contribution in [0.15, 0.2) is 29.2 Å². The lowest BCUT2D eigenvalue weighted by Gasteiger charge is -2.27. The van der Waals surface area contributed by atoms with Gasteiger partial charge in [-0.1, -0.05) is 13.8 Å². The van der Waals surface area contributed by atoms with Gasteiger partial charge in [-0.25, -0.2) is 17.5 Å². The molecule has 0 aliphatic carbocycles. The summed E-state index contributed by atoms with van der Waals surface area (Å²) in [6.07, 6.45) is 0. The van der Waals surface area contributed by atoms with Crippen molar-refractivity contribution in [3.8, 4) is 0 Å². The van der Waals surface area contributed by atoms with Gasteiger partial charge < -0.3 is 5.11 Å². The Balaban J connectivity index is 2.81. The molecule has 0 bridgehead atoms. The zero-order chi connectivity index (χ0) is 14.0. The van der Waals surface area contributed by atoms with E-state index in [1.807, 2.05) is 0 Å². The van der Waals surface area contributed by atoms with Gasteiger partial charge in [0.1, 0.15) is 5.82 Å². The fourth-order valence-corrected chi connectivity index (χ4v) is 2.29. The number of aliphatic hydroxyl groups is 1. The van der Waals surface area contributed by atoms with E-state index < -0.39 is 21.4 Å². The molecule has 102 valence electrons. The topological polar surface area (TPSA) is 66.4 Å². The summed E-state index contributed by atoms with van der Waals surface area (Å²) in [5.74, 6) is -0.587. The smallest absolute Gasteiger partial charge is 0.240 e. The van der Waals surface area contributed by atoms with Gasteiger partial charge in [0, 0.05) is 6.54 Å². The number of rotatable bonds is 5. The fraction of sp³-hybridized carbons (Fsp3) is 0.500. The van der Waals surface area contributed by atoms with Crippen molar-refractivity contribution in [1.82, 2.24) is 4.72 Å². The van der Waals surface area contributed by atoms with Crippen LogP contribution in [0.25, 0.3) is 0 Å². The minimum atomic E-state index is -3.72. The number of benzene rings is 1. The Bertz CT molecular complexity index is 495. The first-order valence-electron chi connectivity index (χ1n) is 5.63. The molecule has 4 nitrogen and oxygen atoms in total. The van der Waals surface area contributed by atoms with Gasteiger partial charge in [-0.2, -0.15) is 0 Å². The van der Waals surface area contributed by atoms with Gasteiger partial charge in [0.25, 0.3) is 0 Å². The van der Waals surface area contributed by atoms with Crippen LogP contribution in [0.3, 0.4) is 0 Å². The number of nitrogens with one attached hydrogen (secondary N) is 1. The highest BCUT2D eigenvalue weighted by Gasteiger charge is 2.27. The van der Waals surface area contributed by atoms with E-state index in [-0.39, 0.29) is 17.4 Å². The molecule has 1 unspecified atom stereocenters. The molecule has 1 atom stereocenters. The third kappa shape index (κ3) is 3.76. The third-order valence-electron chi connectivity index (χ3n) is 2.99. The molecule has 0 amide bonds. The lowest BCUT2D eigenvalue weighted by atomic mass is 9.93. The predicted molar refractivity (Wildman–Crippen MR) is 67.1 cm³/mol. The van der Waals surface area contributed by atoms with Gasteiger partial charge in [-0.15, -0.1) is 0 Å². The first-order valence-corrected chi connectivity index (χ1v) is 7.11. The van der Waals surface area contributed by atoms with Crippen molar-refractivity contribution < 1.29 is 17.9 Å². The summed E-state index contributed by atoms with van der Waals surface area (Å²) in [5.41, 5.74) is -1.13. The van der Waals surface area contributed by atoms with Crippen molar-refractivity contribution in [1.29, 1.82) is 0 Å². The van der Waals surface area contributed by atoms with E-state index in [1.54, 1.807) is 20.8 Å². The van der Waals surface area contributed by atoms with Crippen LogP contribution in [0.4, 0.5) is 4.39 Å². The molecule has 0 heterocycles. The first-order chi connectivity index (χ1) is 8.15. The van der Waals surface area contributed by atoms with Crippen LogP contribution >= 0.6 is 0 Å². The Kier molecular flexibility index (Phi) is 4.47. The average molecular weight is 275 g/mol. The van der Waals surface area contributed by atoms with Crippen LogP contribution in [0, 0.1) is 11.7 Å². The summed E-state index contributed by atoms with van der Waals surface area (Å²) in [5, 5.41) is 9.96. The molecular weight excluding hydrogens is 257 g/mol. The number of hydrogen-bond donors (Lipinski definition) is 2. The second-order valence-electron chi connectivity index (χ2n) is 4.79. The van der Waals surface area contributed by atoms with E-state index in [0.717, 1.165) is 12.1 Å². The van der Waals surface area contributed by atoms with Crippen LogP contribution in [-0.2, 0) is 10.0 Å². The van der Waals surface area contributed by atoms with E-state index in [4.69, 9.17) is 0 Å². The van der Waals surface area contributed by atoms with Crippen molar-refractivity contribution >= 4 is 10.0 Å². The molecule has 18 heavy (non-hydrogen) atoms. The van der Waals surface area contributed by atoms with Crippen LogP contribution in [0.2, 0.25) is 0 Å². The van der Waals surface area contributed by atoms with Crippen LogP contribution in [0.5, 0.6) is 0 Å². The fourth-order valence-electron chi connectivity index (χ4n) is 1.14. The Hall–Kier alpha value is -0.980. The van der Waals surface area contributed by atoms with Crippen molar-refractivity contribution in [3.63, 3.8) is 0 Å². The molecule has 0 aliphatic rings. The summed E-state index contributed by atoms with van der Waals surface area (Å²) in [4.78, 5) is -0.0246. The zero-order valence-electron chi connectivity index (χ0n) is 10.6. The average Bonchev–Trinajstić information content (AvgIpc) is 2.27. The lowest BCUT2D eigenvalue weighted by molar-refractivity contribution is 0.0190. The molecule has 1 aromatic carbocycles. The molecule has 0 fully saturated rings. The minimum absolute atomic E-state index is 0.0246. The molecule has 0 radical (unpaired) electrons. The van der Waals surface area contributed by atoms with Crippen molar-refractivity contribution in [2.24, 2.45) is 5.92 Å². The summed E-state index contributed by atoms with van der Waals surface area (Å²) in [7, 11) is -3.72. The highest BCUT2D eigenvalue weighted by atomic mass is 32.2. The molecule has 0 aromatic heterocycles. The molecule has 6 heteroatoms. The van der Waals surface area contributed by atoms with E-state index >= 15 is 0 Å². The minimum Gasteiger partial charge on any atom is -0.389 e. The monoisotopic (exact) mass is 275 g/mol. The van der Waals surface area contributed by atoms with E-state index in [9.17, 15) is 17.9 Å². The molecule has 1 aromatic rings. The van der Waals surface area contributed by atoms with E-state index in [0.29, 0.717) is 0 Å². The molecule has 0 saturated heterocycles. The molecule has 0 aliphatic heterocycles. The van der Waals surface area contributed by atoms with Crippen molar-refractivity contribution in [2.75, 3.05) is 6.54 Å². The van der Waals surface area contributed by atoms with Crippen molar-refractivity contribution in [2.45, 2.75) is 31.3 Å². The van der Waals surface area contributed by atoms with E-state index in [2.05, 4.69) is 4.72 Å². The first kappa shape index (κ1) is 15.1. The van der Waals surface area contributed by atoms with Crippen LogP contribution in [-0.4, -0.2) is 25.7 Å². The van der Waals surface area contributed by atoms with Gasteiger partial charge in [0.2, 0.25) is 10.0 Å². The molecule has 2 N–H and O–H groups in total. The molecule has 1 rings (SSSR count).